The summed E-state index contributed by atoms with van der Waals surface area (Å²) in [6.07, 6.45) is 1.70. The minimum atomic E-state index is -0.131. The molecule has 7 nitrogen and oxygen atoms in total. The molecule has 0 fully saturated rings. The highest BCUT2D eigenvalue weighted by Gasteiger charge is 2.38. The summed E-state index contributed by atoms with van der Waals surface area (Å²) < 4.78 is 5.60. The Balaban J connectivity index is 2.01. The Labute approximate surface area is 170 Å². The average molecular weight is 391 g/mol. The van der Waals surface area contributed by atoms with E-state index in [9.17, 15) is 10.1 Å². The second kappa shape index (κ2) is 6.45. The minimum Gasteiger partial charge on any atom is -0.481 e. The molecule has 2 N–H and O–H groups in total. The summed E-state index contributed by atoms with van der Waals surface area (Å²) in [5, 5.41) is 9.84. The molecular weight excluding hydrogens is 366 g/mol. The van der Waals surface area contributed by atoms with E-state index < -0.39 is 0 Å². The molecule has 1 amide bonds. The number of anilines is 1. The van der Waals surface area contributed by atoms with Gasteiger partial charge in [0.25, 0.3) is 5.91 Å². The van der Waals surface area contributed by atoms with E-state index in [4.69, 9.17) is 10.5 Å². The lowest BCUT2D eigenvalue weighted by Crippen LogP contribution is -2.30. The van der Waals surface area contributed by atoms with Gasteiger partial charge in [-0.25, -0.2) is 9.97 Å². The Bertz CT molecular complexity index is 1080. The number of carbonyl (C=O) groups is 1. The second-order valence-electron chi connectivity index (χ2n) is 8.64. The zero-order valence-corrected chi connectivity index (χ0v) is 17.5. The van der Waals surface area contributed by atoms with Gasteiger partial charge in [0.2, 0.25) is 5.88 Å². The standard InChI is InChI=1S/C22H25N5O2/c1-11(2)27-10-16-13(21(27)28)8-14(20(25-16)29-5)17-12-6-7-22(3,4)18(12)26-19(24)15(17)9-23/h8,11H,6-7,10H2,1-5H3,(H2,24,26). The topological polar surface area (TPSA) is 105 Å². The first-order chi connectivity index (χ1) is 13.7. The molecule has 150 valence electrons. The number of ether oxygens (including phenoxy) is 1. The number of carbonyl (C=O) groups excluding carboxylic acids is 1. The molecule has 29 heavy (non-hydrogen) atoms. The number of aromatic nitrogens is 2. The zero-order valence-electron chi connectivity index (χ0n) is 17.5. The lowest BCUT2D eigenvalue weighted by atomic mass is 9.88. The first kappa shape index (κ1) is 19.2. The van der Waals surface area contributed by atoms with Gasteiger partial charge in [0.15, 0.2) is 0 Å². The molecule has 0 atom stereocenters. The van der Waals surface area contributed by atoms with Crippen molar-refractivity contribution in [2.24, 2.45) is 0 Å². The van der Waals surface area contributed by atoms with Gasteiger partial charge < -0.3 is 15.4 Å². The van der Waals surface area contributed by atoms with Gasteiger partial charge in [0, 0.05) is 22.6 Å². The van der Waals surface area contributed by atoms with Gasteiger partial charge >= 0.3 is 0 Å². The van der Waals surface area contributed by atoms with Gasteiger partial charge in [-0.15, -0.1) is 0 Å². The summed E-state index contributed by atoms with van der Waals surface area (Å²) >= 11 is 0. The SMILES string of the molecule is COc1nc2c(cc1-c1c(C#N)c(N)nc3c1CCC3(C)C)C(=O)N(C(C)C)C2. The van der Waals surface area contributed by atoms with Crippen molar-refractivity contribution in [3.63, 3.8) is 0 Å². The monoisotopic (exact) mass is 391 g/mol. The normalized spacial score (nSPS) is 16.7. The molecule has 0 radical (unpaired) electrons. The minimum absolute atomic E-state index is 0.0519. The van der Waals surface area contributed by atoms with Gasteiger partial charge in [0.1, 0.15) is 17.5 Å². The van der Waals surface area contributed by atoms with Gasteiger partial charge in [-0.05, 0) is 38.3 Å². The van der Waals surface area contributed by atoms with Crippen LogP contribution in [0.1, 0.15) is 67.0 Å². The molecule has 7 heteroatoms. The van der Waals surface area contributed by atoms with Crippen LogP contribution < -0.4 is 10.5 Å². The Hall–Kier alpha value is -3.14. The van der Waals surface area contributed by atoms with Gasteiger partial charge in [-0.3, -0.25) is 4.79 Å². The molecule has 2 aliphatic rings. The number of nitrogens with zero attached hydrogens (tertiary/aromatic N) is 4. The molecule has 1 aliphatic heterocycles. The maximum atomic E-state index is 12.9. The van der Waals surface area contributed by atoms with E-state index in [-0.39, 0.29) is 23.2 Å². The summed E-state index contributed by atoms with van der Waals surface area (Å²) in [4.78, 5) is 23.9. The van der Waals surface area contributed by atoms with Crippen LogP contribution in [0.3, 0.4) is 0 Å². The number of fused-ring (bicyclic) bond motifs is 2. The van der Waals surface area contributed by atoms with E-state index >= 15 is 0 Å². The molecule has 0 spiro atoms. The van der Waals surface area contributed by atoms with Crippen LogP contribution in [0.4, 0.5) is 5.82 Å². The predicted molar refractivity (Wildman–Crippen MR) is 110 cm³/mol. The van der Waals surface area contributed by atoms with E-state index in [1.807, 2.05) is 19.9 Å². The maximum absolute atomic E-state index is 12.9. The summed E-state index contributed by atoms with van der Waals surface area (Å²) in [5.74, 6) is 0.550. The van der Waals surface area contributed by atoms with Gasteiger partial charge in [-0.2, -0.15) is 5.26 Å². The lowest BCUT2D eigenvalue weighted by Gasteiger charge is -2.20. The van der Waals surface area contributed by atoms with E-state index in [2.05, 4.69) is 29.9 Å². The quantitative estimate of drug-likeness (QED) is 0.861. The number of amides is 1. The Morgan fingerprint density at radius 1 is 1.31 bits per heavy atom. The summed E-state index contributed by atoms with van der Waals surface area (Å²) in [5.41, 5.74) is 10.8. The molecule has 2 aromatic heterocycles. The maximum Gasteiger partial charge on any atom is 0.256 e. The average Bonchev–Trinajstić information content (AvgIpc) is 3.16. The Morgan fingerprint density at radius 2 is 2.03 bits per heavy atom. The van der Waals surface area contributed by atoms with Crippen molar-refractivity contribution in [1.82, 2.24) is 14.9 Å². The zero-order chi connectivity index (χ0) is 21.1. The van der Waals surface area contributed by atoms with Crippen molar-refractivity contribution in [2.45, 2.75) is 58.5 Å². The van der Waals surface area contributed by atoms with Crippen LogP contribution in [0.25, 0.3) is 11.1 Å². The third-order valence-electron chi connectivity index (χ3n) is 6.04. The van der Waals surface area contributed by atoms with Gasteiger partial charge in [-0.1, -0.05) is 13.8 Å². The molecule has 0 saturated heterocycles. The smallest absolute Gasteiger partial charge is 0.256 e. The fraction of sp³-hybridized carbons (Fsp3) is 0.455. The van der Waals surface area contributed by atoms with Crippen LogP contribution in [0.5, 0.6) is 5.88 Å². The Morgan fingerprint density at radius 3 is 2.66 bits per heavy atom. The highest BCUT2D eigenvalue weighted by atomic mass is 16.5. The molecule has 1 aliphatic carbocycles. The van der Waals surface area contributed by atoms with Crippen molar-refractivity contribution in [3.8, 4) is 23.1 Å². The third-order valence-corrected chi connectivity index (χ3v) is 6.04. The highest BCUT2D eigenvalue weighted by Crippen LogP contribution is 2.46. The first-order valence-electron chi connectivity index (χ1n) is 9.81. The van der Waals surface area contributed by atoms with Crippen LogP contribution in [-0.2, 0) is 18.4 Å². The predicted octanol–water partition coefficient (Wildman–Crippen LogP) is 3.19. The number of methoxy groups -OCH3 is 1. The van der Waals surface area contributed by atoms with Crippen LogP contribution in [0, 0.1) is 11.3 Å². The third kappa shape index (κ3) is 2.74. The van der Waals surface area contributed by atoms with Crippen molar-refractivity contribution in [1.29, 1.82) is 5.26 Å². The van der Waals surface area contributed by atoms with Crippen molar-refractivity contribution in [3.05, 3.63) is 34.1 Å². The number of rotatable bonds is 3. The summed E-state index contributed by atoms with van der Waals surface area (Å²) in [6.45, 7) is 8.67. The molecular formula is C22H25N5O2. The molecule has 0 unspecified atom stereocenters. The summed E-state index contributed by atoms with van der Waals surface area (Å²) in [6, 6.07) is 4.09. The second-order valence-corrected chi connectivity index (χ2v) is 8.64. The largest absolute Gasteiger partial charge is 0.481 e. The highest BCUT2D eigenvalue weighted by molar-refractivity contribution is 6.00. The number of nitriles is 1. The first-order valence-corrected chi connectivity index (χ1v) is 9.81. The van der Waals surface area contributed by atoms with Crippen molar-refractivity contribution in [2.75, 3.05) is 12.8 Å². The fourth-order valence-corrected chi connectivity index (χ4v) is 4.39. The summed E-state index contributed by atoms with van der Waals surface area (Å²) in [7, 11) is 1.55. The fourth-order valence-electron chi connectivity index (χ4n) is 4.39. The van der Waals surface area contributed by atoms with Crippen LogP contribution in [0.15, 0.2) is 6.07 Å². The molecule has 0 aromatic carbocycles. The van der Waals surface area contributed by atoms with Crippen LogP contribution in [0.2, 0.25) is 0 Å². The molecule has 0 bridgehead atoms. The number of pyridine rings is 2. The van der Waals surface area contributed by atoms with E-state index in [1.165, 1.54) is 0 Å². The van der Waals surface area contributed by atoms with Crippen molar-refractivity contribution >= 4 is 11.7 Å². The number of nitrogen functional groups attached to an aromatic ring is 1. The van der Waals surface area contributed by atoms with E-state index in [0.29, 0.717) is 40.4 Å². The van der Waals surface area contributed by atoms with Crippen LogP contribution in [-0.4, -0.2) is 33.9 Å². The molecule has 0 saturated carbocycles. The van der Waals surface area contributed by atoms with E-state index in [1.54, 1.807) is 12.0 Å². The van der Waals surface area contributed by atoms with Crippen LogP contribution >= 0.6 is 0 Å². The Kier molecular flexibility index (Phi) is 4.26. The van der Waals surface area contributed by atoms with E-state index in [0.717, 1.165) is 24.1 Å². The lowest BCUT2D eigenvalue weighted by molar-refractivity contribution is 0.0730. The molecule has 4 rings (SSSR count). The molecule has 2 aromatic rings. The van der Waals surface area contributed by atoms with Gasteiger partial charge in [0.05, 0.1) is 30.6 Å². The number of hydrogen-bond donors (Lipinski definition) is 1. The number of hydrogen-bond acceptors (Lipinski definition) is 6. The molecule has 3 heterocycles. The van der Waals surface area contributed by atoms with Crippen molar-refractivity contribution < 1.29 is 9.53 Å². The number of nitrogens with two attached hydrogens (primary N) is 1.